The molecule has 1 aliphatic rings. The van der Waals surface area contributed by atoms with Gasteiger partial charge in [-0.15, -0.1) is 11.3 Å². The van der Waals surface area contributed by atoms with Crippen LogP contribution >= 0.6 is 22.7 Å². The Bertz CT molecular complexity index is 1030. The molecule has 3 heterocycles. The fraction of sp³-hybridized carbons (Fsp3) is 0.333. The second-order valence-corrected chi connectivity index (χ2v) is 10.9. The summed E-state index contributed by atoms with van der Waals surface area (Å²) in [4.78, 5) is 3.47. The maximum atomic E-state index is 12.8. The molecule has 2 aromatic heterocycles. The van der Waals surface area contributed by atoms with Gasteiger partial charge in [0, 0.05) is 30.6 Å². The summed E-state index contributed by atoms with van der Waals surface area (Å²) < 4.78 is 28.9. The van der Waals surface area contributed by atoms with Crippen LogP contribution in [0.15, 0.2) is 57.4 Å². The topological polar surface area (TPSA) is 49.4 Å². The minimum atomic E-state index is -3.49. The first-order chi connectivity index (χ1) is 13.6. The number of benzene rings is 1. The van der Waals surface area contributed by atoms with E-state index in [9.17, 15) is 8.42 Å². The first-order valence-corrected chi connectivity index (χ1v) is 12.7. The van der Waals surface area contributed by atoms with Crippen LogP contribution in [-0.2, 0) is 29.4 Å². The minimum absolute atomic E-state index is 0.0278. The Morgan fingerprint density at radius 3 is 2.68 bits per heavy atom. The molecule has 1 aromatic carbocycles. The van der Waals surface area contributed by atoms with Crippen LogP contribution in [0.25, 0.3) is 0 Å². The van der Waals surface area contributed by atoms with Gasteiger partial charge in [0.25, 0.3) is 0 Å². The molecule has 0 bridgehead atoms. The van der Waals surface area contributed by atoms with Gasteiger partial charge in [0.15, 0.2) is 0 Å². The smallest absolute Gasteiger partial charge is 0.250 e. The standard InChI is InChI=1S/C21H24N2O2S3/c1-2-19-7-8-21(27-19)28(24,25)22-13-20(18-10-12-26-15-18)23-11-9-16-5-3-4-6-17(16)14-23/h3-8,10,12,15,20,22H,2,9,11,13-14H2,1H3. The normalized spacial score (nSPS) is 16.0. The predicted molar refractivity (Wildman–Crippen MR) is 117 cm³/mol. The van der Waals surface area contributed by atoms with E-state index in [0.717, 1.165) is 30.8 Å². The summed E-state index contributed by atoms with van der Waals surface area (Å²) in [5.41, 5.74) is 3.91. The lowest BCUT2D eigenvalue weighted by Crippen LogP contribution is -2.40. The summed E-state index contributed by atoms with van der Waals surface area (Å²) in [6.45, 7) is 4.19. The SMILES string of the molecule is CCc1ccc(S(=O)(=O)NCC(c2ccsc2)N2CCc3ccccc3C2)s1. The number of nitrogens with zero attached hydrogens (tertiary/aromatic N) is 1. The maximum absolute atomic E-state index is 12.8. The second-order valence-electron chi connectivity index (χ2n) is 6.99. The van der Waals surface area contributed by atoms with Gasteiger partial charge in [0.05, 0.1) is 0 Å². The molecule has 28 heavy (non-hydrogen) atoms. The molecule has 1 N–H and O–H groups in total. The summed E-state index contributed by atoms with van der Waals surface area (Å²) in [6.07, 6.45) is 1.85. The van der Waals surface area contributed by atoms with Crippen molar-refractivity contribution in [1.82, 2.24) is 9.62 Å². The summed E-state index contributed by atoms with van der Waals surface area (Å²) in [7, 11) is -3.49. The number of aryl methyl sites for hydroxylation is 1. The van der Waals surface area contributed by atoms with Crippen LogP contribution in [0.2, 0.25) is 0 Å². The van der Waals surface area contributed by atoms with Crippen LogP contribution in [0.4, 0.5) is 0 Å². The first kappa shape index (κ1) is 19.8. The van der Waals surface area contributed by atoms with Gasteiger partial charge in [-0.25, -0.2) is 13.1 Å². The fourth-order valence-electron chi connectivity index (χ4n) is 3.66. The number of rotatable bonds is 7. The number of nitrogens with one attached hydrogen (secondary N) is 1. The Morgan fingerprint density at radius 1 is 1.14 bits per heavy atom. The Labute approximate surface area is 174 Å². The number of hydrogen-bond acceptors (Lipinski definition) is 5. The molecule has 4 nitrogen and oxygen atoms in total. The molecule has 4 rings (SSSR count). The molecular weight excluding hydrogens is 408 g/mol. The van der Waals surface area contributed by atoms with Crippen LogP contribution in [0.1, 0.15) is 34.5 Å². The molecule has 1 atom stereocenters. The second kappa shape index (κ2) is 8.47. The van der Waals surface area contributed by atoms with Gasteiger partial charge in [-0.05, 0) is 58.5 Å². The third kappa shape index (κ3) is 4.23. The van der Waals surface area contributed by atoms with Gasteiger partial charge in [0.2, 0.25) is 10.0 Å². The van der Waals surface area contributed by atoms with Crippen molar-refractivity contribution < 1.29 is 8.42 Å². The lowest BCUT2D eigenvalue weighted by Gasteiger charge is -2.35. The third-order valence-electron chi connectivity index (χ3n) is 5.25. The van der Waals surface area contributed by atoms with Crippen LogP contribution in [0, 0.1) is 0 Å². The quantitative estimate of drug-likeness (QED) is 0.600. The van der Waals surface area contributed by atoms with Crippen molar-refractivity contribution in [3.8, 4) is 0 Å². The van der Waals surface area contributed by atoms with Gasteiger partial charge in [-0.1, -0.05) is 31.2 Å². The van der Waals surface area contributed by atoms with E-state index >= 15 is 0 Å². The van der Waals surface area contributed by atoms with Crippen molar-refractivity contribution in [1.29, 1.82) is 0 Å². The average Bonchev–Trinajstić information content (AvgIpc) is 3.40. The van der Waals surface area contributed by atoms with E-state index in [4.69, 9.17) is 0 Å². The summed E-state index contributed by atoms with van der Waals surface area (Å²) in [5.74, 6) is 0. The largest absolute Gasteiger partial charge is 0.290 e. The molecule has 0 aliphatic carbocycles. The van der Waals surface area contributed by atoms with Gasteiger partial charge in [-0.3, -0.25) is 4.90 Å². The Balaban J connectivity index is 1.53. The zero-order valence-electron chi connectivity index (χ0n) is 15.8. The van der Waals surface area contributed by atoms with Crippen LogP contribution < -0.4 is 4.72 Å². The molecule has 0 saturated heterocycles. The summed E-state index contributed by atoms with van der Waals surface area (Å²) >= 11 is 3.00. The van der Waals surface area contributed by atoms with Crippen molar-refractivity contribution in [2.24, 2.45) is 0 Å². The molecule has 0 saturated carbocycles. The van der Waals surface area contributed by atoms with Crippen LogP contribution in [0.5, 0.6) is 0 Å². The van der Waals surface area contributed by atoms with Crippen LogP contribution in [0.3, 0.4) is 0 Å². The average molecular weight is 433 g/mol. The fourth-order valence-corrected chi connectivity index (χ4v) is 6.74. The number of hydrogen-bond donors (Lipinski definition) is 1. The molecule has 1 aliphatic heterocycles. The molecule has 0 radical (unpaired) electrons. The molecule has 0 spiro atoms. The van der Waals surface area contributed by atoms with E-state index in [1.54, 1.807) is 17.4 Å². The molecule has 7 heteroatoms. The lowest BCUT2D eigenvalue weighted by atomic mass is 9.97. The summed E-state index contributed by atoms with van der Waals surface area (Å²) in [5, 5.41) is 4.18. The highest BCUT2D eigenvalue weighted by Gasteiger charge is 2.27. The highest BCUT2D eigenvalue weighted by molar-refractivity contribution is 7.91. The molecule has 3 aromatic rings. The maximum Gasteiger partial charge on any atom is 0.250 e. The molecule has 0 amide bonds. The van der Waals surface area contributed by atoms with E-state index in [2.05, 4.69) is 50.7 Å². The van der Waals surface area contributed by atoms with Crippen molar-refractivity contribution in [3.63, 3.8) is 0 Å². The highest BCUT2D eigenvalue weighted by atomic mass is 32.2. The van der Waals surface area contributed by atoms with Crippen LogP contribution in [-0.4, -0.2) is 26.4 Å². The molecule has 148 valence electrons. The Kier molecular flexibility index (Phi) is 5.99. The molecule has 1 unspecified atom stereocenters. The molecule has 0 fully saturated rings. The third-order valence-corrected chi connectivity index (χ3v) is 9.09. The minimum Gasteiger partial charge on any atom is -0.290 e. The number of sulfonamides is 1. The highest BCUT2D eigenvalue weighted by Crippen LogP contribution is 2.29. The number of fused-ring (bicyclic) bond motifs is 1. The van der Waals surface area contributed by atoms with E-state index in [1.807, 2.05) is 13.0 Å². The van der Waals surface area contributed by atoms with Crippen molar-refractivity contribution in [2.45, 2.75) is 36.6 Å². The van der Waals surface area contributed by atoms with E-state index in [1.165, 1.54) is 28.0 Å². The number of thiophene rings is 2. The van der Waals surface area contributed by atoms with Gasteiger partial charge in [-0.2, -0.15) is 11.3 Å². The van der Waals surface area contributed by atoms with E-state index < -0.39 is 10.0 Å². The monoisotopic (exact) mass is 432 g/mol. The summed E-state index contributed by atoms with van der Waals surface area (Å²) in [6, 6.07) is 14.3. The van der Waals surface area contributed by atoms with Crippen molar-refractivity contribution in [3.05, 3.63) is 74.8 Å². The van der Waals surface area contributed by atoms with Gasteiger partial charge < -0.3 is 0 Å². The molecular formula is C21H24N2O2S3. The lowest BCUT2D eigenvalue weighted by molar-refractivity contribution is 0.181. The van der Waals surface area contributed by atoms with E-state index in [0.29, 0.717) is 10.8 Å². The predicted octanol–water partition coefficient (Wildman–Crippen LogP) is 4.45. The van der Waals surface area contributed by atoms with Gasteiger partial charge in [0.1, 0.15) is 4.21 Å². The van der Waals surface area contributed by atoms with E-state index in [-0.39, 0.29) is 6.04 Å². The van der Waals surface area contributed by atoms with Crippen molar-refractivity contribution >= 4 is 32.7 Å². The Morgan fingerprint density at radius 2 is 1.96 bits per heavy atom. The zero-order valence-corrected chi connectivity index (χ0v) is 18.2. The Hall–Kier alpha value is -1.51. The van der Waals surface area contributed by atoms with Crippen molar-refractivity contribution in [2.75, 3.05) is 13.1 Å². The van der Waals surface area contributed by atoms with Gasteiger partial charge >= 0.3 is 0 Å². The first-order valence-electron chi connectivity index (χ1n) is 9.48. The zero-order chi connectivity index (χ0) is 19.6.